The maximum Gasteiger partial charge on any atom is 0.411 e. The van der Waals surface area contributed by atoms with Crippen molar-refractivity contribution >= 4 is 32.6 Å². The van der Waals surface area contributed by atoms with E-state index in [1.165, 1.54) is 6.07 Å². The molecule has 5 rings (SSSR count). The maximum absolute atomic E-state index is 13.8. The normalized spacial score (nSPS) is 14.9. The summed E-state index contributed by atoms with van der Waals surface area (Å²) in [4.78, 5) is 13.6. The smallest absolute Gasteiger partial charge is 0.354 e. The van der Waals surface area contributed by atoms with Crippen molar-refractivity contribution in [3.8, 4) is 11.3 Å². The van der Waals surface area contributed by atoms with Crippen LogP contribution < -0.4 is 10.6 Å². The highest BCUT2D eigenvalue weighted by Gasteiger charge is 2.64. The molecule has 0 amide bonds. The zero-order valence-corrected chi connectivity index (χ0v) is 21.8. The minimum atomic E-state index is -4.46. The van der Waals surface area contributed by atoms with E-state index in [9.17, 15) is 21.6 Å². The molecule has 198 valence electrons. The SMILES string of the molecule is Cc1ccc(CNc2nc(NC3(C(F)(F)F)CC3)c3nc(-c4ccc(C)c(S(C)(=O)=O)c4)ccc3n2)cc1. The lowest BCUT2D eigenvalue weighted by Gasteiger charge is -2.22. The minimum Gasteiger partial charge on any atom is -0.354 e. The molecule has 2 heterocycles. The van der Waals surface area contributed by atoms with Crippen molar-refractivity contribution < 1.29 is 21.6 Å². The first-order valence-corrected chi connectivity index (χ1v) is 13.9. The molecule has 38 heavy (non-hydrogen) atoms. The second-order valence-electron chi connectivity index (χ2n) is 9.76. The number of halogens is 3. The molecule has 1 saturated carbocycles. The number of alkyl halides is 3. The van der Waals surface area contributed by atoms with E-state index in [2.05, 4.69) is 25.6 Å². The van der Waals surface area contributed by atoms with Gasteiger partial charge in [0.2, 0.25) is 5.95 Å². The summed E-state index contributed by atoms with van der Waals surface area (Å²) in [7, 11) is -3.48. The molecule has 0 unspecified atom stereocenters. The number of anilines is 2. The van der Waals surface area contributed by atoms with Crippen molar-refractivity contribution in [2.45, 2.75) is 49.8 Å². The third-order valence-electron chi connectivity index (χ3n) is 6.65. The summed E-state index contributed by atoms with van der Waals surface area (Å²) < 4.78 is 65.9. The first kappa shape index (κ1) is 25.9. The van der Waals surface area contributed by atoms with Crippen molar-refractivity contribution in [1.29, 1.82) is 0 Å². The van der Waals surface area contributed by atoms with Crippen molar-refractivity contribution in [2.24, 2.45) is 0 Å². The number of aryl methyl sites for hydroxylation is 2. The maximum atomic E-state index is 13.8. The van der Waals surface area contributed by atoms with E-state index in [0.717, 1.165) is 17.4 Å². The molecule has 0 bridgehead atoms. The lowest BCUT2D eigenvalue weighted by Crippen LogP contribution is -2.39. The van der Waals surface area contributed by atoms with E-state index in [4.69, 9.17) is 0 Å². The summed E-state index contributed by atoms with van der Waals surface area (Å²) >= 11 is 0. The van der Waals surface area contributed by atoms with Crippen LogP contribution in [0, 0.1) is 13.8 Å². The topological polar surface area (TPSA) is 96.9 Å². The molecule has 2 aromatic heterocycles. The molecule has 1 fully saturated rings. The highest BCUT2D eigenvalue weighted by molar-refractivity contribution is 7.90. The fourth-order valence-corrected chi connectivity index (χ4v) is 5.21. The van der Waals surface area contributed by atoms with Crippen LogP contribution in [0.4, 0.5) is 24.9 Å². The zero-order valence-electron chi connectivity index (χ0n) is 21.0. The number of fused-ring (bicyclic) bond motifs is 1. The number of nitrogens with zero attached hydrogens (tertiary/aromatic N) is 3. The summed E-state index contributed by atoms with van der Waals surface area (Å²) in [5.74, 6) is 0.135. The highest BCUT2D eigenvalue weighted by atomic mass is 32.2. The number of aromatic nitrogens is 3. The minimum absolute atomic E-state index is 0.0338. The number of sulfone groups is 1. The summed E-state index contributed by atoms with van der Waals surface area (Å²) in [6.45, 7) is 4.07. The van der Waals surface area contributed by atoms with Gasteiger partial charge in [-0.15, -0.1) is 0 Å². The average Bonchev–Trinajstić information content (AvgIpc) is 3.64. The summed E-state index contributed by atoms with van der Waals surface area (Å²) in [6, 6.07) is 16.1. The number of rotatable bonds is 7. The quantitative estimate of drug-likeness (QED) is 0.304. The first-order valence-electron chi connectivity index (χ1n) is 12.0. The molecule has 11 heteroatoms. The highest BCUT2D eigenvalue weighted by Crippen LogP contribution is 2.51. The van der Waals surface area contributed by atoms with E-state index < -0.39 is 21.6 Å². The van der Waals surface area contributed by atoms with Crippen LogP contribution in [0.1, 0.15) is 29.5 Å². The van der Waals surface area contributed by atoms with Gasteiger partial charge >= 0.3 is 6.18 Å². The van der Waals surface area contributed by atoms with Crippen LogP contribution in [0.2, 0.25) is 0 Å². The Balaban J connectivity index is 1.57. The Kier molecular flexibility index (Phi) is 6.29. The van der Waals surface area contributed by atoms with E-state index in [1.54, 1.807) is 31.2 Å². The van der Waals surface area contributed by atoms with Crippen LogP contribution in [0.3, 0.4) is 0 Å². The van der Waals surface area contributed by atoms with Gasteiger partial charge in [-0.3, -0.25) is 0 Å². The van der Waals surface area contributed by atoms with Gasteiger partial charge in [-0.1, -0.05) is 42.0 Å². The number of nitrogens with one attached hydrogen (secondary N) is 2. The van der Waals surface area contributed by atoms with Gasteiger partial charge in [0, 0.05) is 18.4 Å². The van der Waals surface area contributed by atoms with Gasteiger partial charge in [0.15, 0.2) is 15.7 Å². The predicted molar refractivity (Wildman–Crippen MR) is 141 cm³/mol. The van der Waals surface area contributed by atoms with Gasteiger partial charge in [0.25, 0.3) is 0 Å². The van der Waals surface area contributed by atoms with Crippen LogP contribution in [0.25, 0.3) is 22.3 Å². The number of hydrogen-bond acceptors (Lipinski definition) is 7. The number of benzene rings is 2. The predicted octanol–water partition coefficient (Wildman–Crippen LogP) is 5.83. The monoisotopic (exact) mass is 541 g/mol. The lowest BCUT2D eigenvalue weighted by atomic mass is 10.1. The van der Waals surface area contributed by atoms with E-state index in [-0.39, 0.29) is 35.0 Å². The largest absolute Gasteiger partial charge is 0.411 e. The van der Waals surface area contributed by atoms with Crippen LogP contribution >= 0.6 is 0 Å². The zero-order chi connectivity index (χ0) is 27.3. The molecule has 7 nitrogen and oxygen atoms in total. The molecule has 1 aliphatic carbocycles. The van der Waals surface area contributed by atoms with Gasteiger partial charge < -0.3 is 10.6 Å². The molecule has 0 atom stereocenters. The molecule has 2 aromatic carbocycles. The Morgan fingerprint density at radius 2 is 1.66 bits per heavy atom. The fraction of sp³-hybridized carbons (Fsp3) is 0.296. The van der Waals surface area contributed by atoms with Crippen molar-refractivity contribution in [3.05, 3.63) is 71.3 Å². The van der Waals surface area contributed by atoms with Gasteiger partial charge in [0.05, 0.1) is 16.1 Å². The van der Waals surface area contributed by atoms with Crippen LogP contribution in [0.5, 0.6) is 0 Å². The van der Waals surface area contributed by atoms with Crippen LogP contribution in [-0.2, 0) is 16.4 Å². The number of hydrogen-bond donors (Lipinski definition) is 2. The van der Waals surface area contributed by atoms with Crippen molar-refractivity contribution in [1.82, 2.24) is 15.0 Å². The standard InChI is InChI=1S/C27H26F3N5O2S/c1-16-4-7-18(8-5-16)15-31-25-33-21-11-10-20(19-9-6-17(2)22(14-19)38(3,36)37)32-23(21)24(34-25)35-26(12-13-26)27(28,29)30/h4-11,14H,12-13,15H2,1-3H3,(H2,31,33,34,35). The Morgan fingerprint density at radius 1 is 0.947 bits per heavy atom. The molecular formula is C27H26F3N5O2S. The van der Waals surface area contributed by atoms with Gasteiger partial charge in [-0.05, 0) is 56.0 Å². The Labute approximate surface area is 218 Å². The van der Waals surface area contributed by atoms with E-state index in [0.29, 0.717) is 28.9 Å². The van der Waals surface area contributed by atoms with E-state index in [1.807, 2.05) is 31.2 Å². The Morgan fingerprint density at radius 3 is 2.29 bits per heavy atom. The molecule has 0 radical (unpaired) electrons. The third-order valence-corrected chi connectivity index (χ3v) is 7.89. The third kappa shape index (κ3) is 5.15. The molecular weight excluding hydrogens is 515 g/mol. The van der Waals surface area contributed by atoms with Gasteiger partial charge in [0.1, 0.15) is 11.1 Å². The van der Waals surface area contributed by atoms with E-state index >= 15 is 0 Å². The van der Waals surface area contributed by atoms with Crippen LogP contribution in [0.15, 0.2) is 59.5 Å². The second kappa shape index (κ2) is 9.23. The van der Waals surface area contributed by atoms with Crippen molar-refractivity contribution in [2.75, 3.05) is 16.9 Å². The summed E-state index contributed by atoms with van der Waals surface area (Å²) in [5.41, 5.74) is 2.04. The van der Waals surface area contributed by atoms with Crippen LogP contribution in [-0.4, -0.2) is 41.3 Å². The average molecular weight is 542 g/mol. The second-order valence-corrected chi connectivity index (χ2v) is 11.7. The van der Waals surface area contributed by atoms with Gasteiger partial charge in [-0.25, -0.2) is 18.4 Å². The molecule has 4 aromatic rings. The molecule has 2 N–H and O–H groups in total. The summed E-state index contributed by atoms with van der Waals surface area (Å²) in [6.07, 6.45) is -3.47. The lowest BCUT2D eigenvalue weighted by molar-refractivity contribution is -0.151. The number of pyridine rings is 1. The molecule has 0 spiro atoms. The molecule has 0 aliphatic heterocycles. The fourth-order valence-electron chi connectivity index (χ4n) is 4.22. The van der Waals surface area contributed by atoms with Crippen molar-refractivity contribution in [3.63, 3.8) is 0 Å². The molecule has 1 aliphatic rings. The Hall–Kier alpha value is -3.73. The summed E-state index contributed by atoms with van der Waals surface area (Å²) in [5, 5.41) is 5.70. The van der Waals surface area contributed by atoms with Gasteiger partial charge in [-0.2, -0.15) is 18.2 Å². The Bertz CT molecular complexity index is 1630. The molecule has 0 saturated heterocycles. The first-order chi connectivity index (χ1) is 17.8.